The SMILES string of the molecule is CC(C)(C)[Si](O[C@H]1CC(=O)O[C@H](CCO)C1)(c1ccccc1)c1ccccc1. The fourth-order valence-corrected chi connectivity index (χ4v) is 8.89. The summed E-state index contributed by atoms with van der Waals surface area (Å²) in [6, 6.07) is 20.9. The zero-order valence-electron chi connectivity index (χ0n) is 16.9. The van der Waals surface area contributed by atoms with Gasteiger partial charge in [0.2, 0.25) is 0 Å². The molecule has 1 fully saturated rings. The van der Waals surface area contributed by atoms with Gasteiger partial charge in [-0.3, -0.25) is 4.79 Å². The number of aliphatic hydroxyl groups is 1. The fourth-order valence-electron chi connectivity index (χ4n) is 4.20. The van der Waals surface area contributed by atoms with Crippen LogP contribution < -0.4 is 10.4 Å². The summed E-state index contributed by atoms with van der Waals surface area (Å²) < 4.78 is 12.4. The van der Waals surface area contributed by atoms with Crippen molar-refractivity contribution in [1.29, 1.82) is 0 Å². The molecule has 0 bridgehead atoms. The third-order valence-corrected chi connectivity index (χ3v) is 10.5. The molecule has 0 spiro atoms. The lowest BCUT2D eigenvalue weighted by Crippen LogP contribution is -2.68. The molecule has 1 aliphatic heterocycles. The second kappa shape index (κ2) is 8.60. The Morgan fingerprint density at radius 1 is 1.04 bits per heavy atom. The predicted octanol–water partition coefficient (Wildman–Crippen LogP) is 3.02. The van der Waals surface area contributed by atoms with Crippen LogP contribution in [-0.2, 0) is 14.0 Å². The minimum atomic E-state index is -2.69. The molecule has 2 aromatic carbocycles. The van der Waals surface area contributed by atoms with Crippen molar-refractivity contribution >= 4 is 24.7 Å². The van der Waals surface area contributed by atoms with Crippen molar-refractivity contribution < 1.29 is 19.1 Å². The molecule has 0 aliphatic carbocycles. The van der Waals surface area contributed by atoms with Crippen LogP contribution in [-0.4, -0.2) is 38.2 Å². The van der Waals surface area contributed by atoms with E-state index >= 15 is 0 Å². The van der Waals surface area contributed by atoms with E-state index in [1.54, 1.807) is 0 Å². The number of ether oxygens (including phenoxy) is 1. The minimum Gasteiger partial charge on any atom is -0.462 e. The van der Waals surface area contributed by atoms with Crippen molar-refractivity contribution in [3.63, 3.8) is 0 Å². The zero-order valence-corrected chi connectivity index (χ0v) is 17.9. The maximum atomic E-state index is 12.2. The van der Waals surface area contributed by atoms with Crippen molar-refractivity contribution in [1.82, 2.24) is 0 Å². The normalized spacial score (nSPS) is 20.6. The fraction of sp³-hybridized carbons (Fsp3) is 0.435. The molecule has 0 aromatic heterocycles. The highest BCUT2D eigenvalue weighted by Gasteiger charge is 2.52. The second-order valence-corrected chi connectivity index (χ2v) is 12.7. The van der Waals surface area contributed by atoms with E-state index in [0.717, 1.165) is 0 Å². The number of cyclic esters (lactones) is 1. The van der Waals surface area contributed by atoms with E-state index in [0.29, 0.717) is 12.8 Å². The molecule has 1 aliphatic rings. The quantitative estimate of drug-likeness (QED) is 0.600. The highest BCUT2D eigenvalue weighted by Crippen LogP contribution is 2.39. The number of esters is 1. The van der Waals surface area contributed by atoms with E-state index in [2.05, 4.69) is 69.3 Å². The van der Waals surface area contributed by atoms with Gasteiger partial charge < -0.3 is 14.3 Å². The van der Waals surface area contributed by atoms with Crippen LogP contribution in [0.1, 0.15) is 40.0 Å². The Kier molecular flexibility index (Phi) is 6.38. The van der Waals surface area contributed by atoms with Gasteiger partial charge in [0.25, 0.3) is 8.32 Å². The van der Waals surface area contributed by atoms with Crippen molar-refractivity contribution in [3.05, 3.63) is 60.7 Å². The average Bonchev–Trinajstić information content (AvgIpc) is 2.66. The highest BCUT2D eigenvalue weighted by atomic mass is 28.4. The van der Waals surface area contributed by atoms with Gasteiger partial charge in [0.15, 0.2) is 0 Å². The lowest BCUT2D eigenvalue weighted by molar-refractivity contribution is -0.160. The van der Waals surface area contributed by atoms with Gasteiger partial charge in [-0.2, -0.15) is 0 Å². The van der Waals surface area contributed by atoms with Gasteiger partial charge in [0.1, 0.15) is 6.10 Å². The van der Waals surface area contributed by atoms with Gasteiger partial charge in [-0.25, -0.2) is 0 Å². The van der Waals surface area contributed by atoms with E-state index in [1.165, 1.54) is 10.4 Å². The Hall–Kier alpha value is -1.95. The molecule has 28 heavy (non-hydrogen) atoms. The largest absolute Gasteiger partial charge is 0.462 e. The van der Waals surface area contributed by atoms with Gasteiger partial charge in [0, 0.05) is 19.4 Å². The van der Waals surface area contributed by atoms with Crippen LogP contribution in [0.15, 0.2) is 60.7 Å². The summed E-state index contributed by atoms with van der Waals surface area (Å²) in [7, 11) is -2.69. The molecule has 0 amide bonds. The van der Waals surface area contributed by atoms with Crippen LogP contribution in [0, 0.1) is 0 Å². The third kappa shape index (κ3) is 4.22. The highest BCUT2D eigenvalue weighted by molar-refractivity contribution is 6.99. The van der Waals surface area contributed by atoms with E-state index in [9.17, 15) is 9.90 Å². The predicted molar refractivity (Wildman–Crippen MR) is 113 cm³/mol. The Labute approximate surface area is 168 Å². The first-order chi connectivity index (χ1) is 13.4. The zero-order chi connectivity index (χ0) is 20.2. The molecule has 150 valence electrons. The van der Waals surface area contributed by atoms with Crippen molar-refractivity contribution in [2.45, 2.75) is 57.3 Å². The van der Waals surface area contributed by atoms with Gasteiger partial charge in [-0.1, -0.05) is 81.4 Å². The standard InChI is InChI=1S/C23H30O4Si/c1-23(2,3)28(20-10-6-4-7-11-20,21-12-8-5-9-13-21)27-19-16-18(14-15-24)26-22(25)17-19/h4-13,18-19,24H,14-17H2,1-3H3/t18-,19-/m1/s1. The first-order valence-corrected chi connectivity index (χ1v) is 11.9. The summed E-state index contributed by atoms with van der Waals surface area (Å²) >= 11 is 0. The van der Waals surface area contributed by atoms with Crippen LogP contribution in [0.5, 0.6) is 0 Å². The number of hydrogen-bond donors (Lipinski definition) is 1. The average molecular weight is 399 g/mol. The summed E-state index contributed by atoms with van der Waals surface area (Å²) in [6.45, 7) is 6.69. The number of aliphatic hydroxyl groups excluding tert-OH is 1. The first kappa shape index (κ1) is 20.8. The lowest BCUT2D eigenvalue weighted by atomic mass is 10.0. The van der Waals surface area contributed by atoms with Gasteiger partial charge in [0.05, 0.1) is 12.5 Å². The Morgan fingerprint density at radius 2 is 1.57 bits per heavy atom. The van der Waals surface area contributed by atoms with E-state index in [1.807, 2.05) is 12.1 Å². The van der Waals surface area contributed by atoms with Crippen LogP contribution in [0.3, 0.4) is 0 Å². The lowest BCUT2D eigenvalue weighted by Gasteiger charge is -2.46. The van der Waals surface area contributed by atoms with Crippen molar-refractivity contribution in [3.8, 4) is 0 Å². The van der Waals surface area contributed by atoms with Crippen LogP contribution in [0.25, 0.3) is 0 Å². The van der Waals surface area contributed by atoms with E-state index in [-0.39, 0.29) is 36.2 Å². The number of benzene rings is 2. The molecule has 1 heterocycles. The number of carbonyl (C=O) groups is 1. The number of rotatable bonds is 6. The first-order valence-electron chi connectivity index (χ1n) is 9.96. The summed E-state index contributed by atoms with van der Waals surface area (Å²) in [6.07, 6.45) is 0.828. The molecule has 2 atom stereocenters. The van der Waals surface area contributed by atoms with E-state index < -0.39 is 8.32 Å². The molecule has 0 radical (unpaired) electrons. The molecular weight excluding hydrogens is 368 g/mol. The molecular formula is C23H30O4Si. The number of hydrogen-bond acceptors (Lipinski definition) is 4. The molecule has 4 nitrogen and oxygen atoms in total. The number of carbonyl (C=O) groups excluding carboxylic acids is 1. The third-order valence-electron chi connectivity index (χ3n) is 5.43. The molecule has 1 saturated heterocycles. The summed E-state index contributed by atoms with van der Waals surface area (Å²) in [4.78, 5) is 12.2. The molecule has 5 heteroatoms. The Morgan fingerprint density at radius 3 is 2.04 bits per heavy atom. The van der Waals surface area contributed by atoms with Crippen molar-refractivity contribution in [2.24, 2.45) is 0 Å². The monoisotopic (exact) mass is 398 g/mol. The molecule has 3 rings (SSSR count). The summed E-state index contributed by atoms with van der Waals surface area (Å²) in [5.74, 6) is -0.243. The maximum Gasteiger partial charge on any atom is 0.308 e. The van der Waals surface area contributed by atoms with Gasteiger partial charge in [-0.05, 0) is 15.4 Å². The van der Waals surface area contributed by atoms with Crippen LogP contribution in [0.4, 0.5) is 0 Å². The topological polar surface area (TPSA) is 55.8 Å². The second-order valence-electron chi connectivity index (χ2n) is 8.47. The molecule has 0 unspecified atom stereocenters. The Balaban J connectivity index is 2.07. The van der Waals surface area contributed by atoms with Crippen LogP contribution in [0.2, 0.25) is 5.04 Å². The summed E-state index contributed by atoms with van der Waals surface area (Å²) in [5, 5.41) is 11.6. The Bertz CT molecular complexity index is 731. The van der Waals surface area contributed by atoms with Gasteiger partial charge >= 0.3 is 5.97 Å². The smallest absolute Gasteiger partial charge is 0.308 e. The van der Waals surface area contributed by atoms with E-state index in [4.69, 9.17) is 9.16 Å². The minimum absolute atomic E-state index is 0.00385. The molecule has 1 N–H and O–H groups in total. The van der Waals surface area contributed by atoms with Crippen LogP contribution >= 0.6 is 0 Å². The van der Waals surface area contributed by atoms with Gasteiger partial charge in [-0.15, -0.1) is 0 Å². The maximum absolute atomic E-state index is 12.2. The summed E-state index contributed by atoms with van der Waals surface area (Å²) in [5.41, 5.74) is 0. The van der Waals surface area contributed by atoms with Crippen molar-refractivity contribution in [2.75, 3.05) is 6.61 Å². The molecule has 0 saturated carbocycles. The molecule has 2 aromatic rings.